The van der Waals surface area contributed by atoms with Gasteiger partial charge in [-0.3, -0.25) is 14.3 Å². The molecular weight excluding hydrogens is 372 g/mol. The lowest BCUT2D eigenvalue weighted by Gasteiger charge is -2.35. The second-order valence-electron chi connectivity index (χ2n) is 7.20. The van der Waals surface area contributed by atoms with E-state index in [2.05, 4.69) is 12.0 Å². The molecule has 0 aliphatic carbocycles. The van der Waals surface area contributed by atoms with Gasteiger partial charge >= 0.3 is 0 Å². The smallest absolute Gasteiger partial charge is 0.257 e. The Labute approximate surface area is 169 Å². The third-order valence-corrected chi connectivity index (χ3v) is 6.44. The van der Waals surface area contributed by atoms with E-state index in [1.54, 1.807) is 18.0 Å². The zero-order valence-corrected chi connectivity index (χ0v) is 17.1. The van der Waals surface area contributed by atoms with Crippen LogP contribution in [-0.4, -0.2) is 63.3 Å². The van der Waals surface area contributed by atoms with Gasteiger partial charge in [-0.2, -0.15) is 5.10 Å². The maximum absolute atomic E-state index is 13.0. The molecule has 0 radical (unpaired) electrons. The van der Waals surface area contributed by atoms with Gasteiger partial charge in [0.25, 0.3) is 11.8 Å². The largest absolute Gasteiger partial charge is 0.335 e. The van der Waals surface area contributed by atoms with Gasteiger partial charge in [0.2, 0.25) is 0 Å². The molecule has 1 fully saturated rings. The highest BCUT2D eigenvalue weighted by Gasteiger charge is 2.29. The highest BCUT2D eigenvalue weighted by atomic mass is 32.2. The summed E-state index contributed by atoms with van der Waals surface area (Å²) in [6.07, 6.45) is 4.88. The lowest BCUT2D eigenvalue weighted by Crippen LogP contribution is -2.50. The topological polar surface area (TPSA) is 58.4 Å². The number of fused-ring (bicyclic) bond motifs is 1. The van der Waals surface area contributed by atoms with Crippen LogP contribution in [0.3, 0.4) is 0 Å². The van der Waals surface area contributed by atoms with Crippen LogP contribution >= 0.6 is 11.8 Å². The molecule has 0 spiro atoms. The predicted molar refractivity (Wildman–Crippen MR) is 110 cm³/mol. The third-order valence-electron chi connectivity index (χ3n) is 5.48. The van der Waals surface area contributed by atoms with Crippen LogP contribution in [0, 0.1) is 0 Å². The highest BCUT2D eigenvalue weighted by Crippen LogP contribution is 2.24. The van der Waals surface area contributed by atoms with Crippen LogP contribution in [0.2, 0.25) is 0 Å². The molecule has 2 aromatic rings. The van der Waals surface area contributed by atoms with Crippen molar-refractivity contribution in [2.24, 2.45) is 0 Å². The highest BCUT2D eigenvalue weighted by molar-refractivity contribution is 7.99. The molecule has 2 amide bonds. The normalized spacial score (nSPS) is 16.8. The summed E-state index contributed by atoms with van der Waals surface area (Å²) in [4.78, 5) is 30.7. The monoisotopic (exact) mass is 398 g/mol. The number of carbonyl (C=O) groups excluding carboxylic acids is 2. The Morgan fingerprint density at radius 1 is 0.964 bits per heavy atom. The average molecular weight is 399 g/mol. The van der Waals surface area contributed by atoms with Gasteiger partial charge in [-0.1, -0.05) is 19.1 Å². The fourth-order valence-electron chi connectivity index (χ4n) is 3.98. The minimum atomic E-state index is 0.0530. The van der Waals surface area contributed by atoms with Crippen molar-refractivity contribution in [3.05, 3.63) is 47.3 Å². The molecule has 148 valence electrons. The Hall–Kier alpha value is -2.28. The maximum Gasteiger partial charge on any atom is 0.257 e. The second-order valence-corrected chi connectivity index (χ2v) is 8.50. The zero-order chi connectivity index (χ0) is 19.5. The summed E-state index contributed by atoms with van der Waals surface area (Å²) in [5, 5.41) is 4.38. The Morgan fingerprint density at radius 2 is 1.64 bits per heavy atom. The predicted octanol–water partition coefficient (Wildman–Crippen LogP) is 2.93. The maximum atomic E-state index is 13.0. The fourth-order valence-corrected chi connectivity index (χ4v) is 4.77. The van der Waals surface area contributed by atoms with Gasteiger partial charge in [0.15, 0.2) is 0 Å². The van der Waals surface area contributed by atoms with Crippen molar-refractivity contribution in [2.75, 3.05) is 31.9 Å². The molecule has 6 nitrogen and oxygen atoms in total. The molecule has 1 aromatic heterocycles. The SMILES string of the molecule is CCSc1ccccc1C(=O)N1CCN(C(=O)c2cnn3c2CCCC3)CC1. The molecule has 28 heavy (non-hydrogen) atoms. The number of piperazine rings is 1. The van der Waals surface area contributed by atoms with Crippen molar-refractivity contribution in [3.8, 4) is 0 Å². The molecule has 1 aromatic carbocycles. The molecule has 0 atom stereocenters. The number of hydrogen-bond donors (Lipinski definition) is 0. The third kappa shape index (κ3) is 3.68. The molecule has 1 saturated heterocycles. The van der Waals surface area contributed by atoms with E-state index in [-0.39, 0.29) is 11.8 Å². The first-order chi connectivity index (χ1) is 13.7. The number of amides is 2. The molecule has 2 aliphatic heterocycles. The van der Waals surface area contributed by atoms with Crippen LogP contribution < -0.4 is 0 Å². The van der Waals surface area contributed by atoms with E-state index in [1.807, 2.05) is 38.7 Å². The van der Waals surface area contributed by atoms with Crippen LogP contribution in [0.5, 0.6) is 0 Å². The van der Waals surface area contributed by atoms with Gasteiger partial charge in [0.05, 0.1) is 23.0 Å². The summed E-state index contributed by atoms with van der Waals surface area (Å²) >= 11 is 1.69. The number of rotatable bonds is 4. The molecule has 0 bridgehead atoms. The number of nitrogens with zero attached hydrogens (tertiary/aromatic N) is 4. The molecule has 3 heterocycles. The molecule has 0 unspecified atom stereocenters. The van der Waals surface area contributed by atoms with E-state index >= 15 is 0 Å². The minimum absolute atomic E-state index is 0.0530. The lowest BCUT2D eigenvalue weighted by atomic mass is 10.1. The van der Waals surface area contributed by atoms with E-state index < -0.39 is 0 Å². The van der Waals surface area contributed by atoms with Gasteiger partial charge < -0.3 is 9.80 Å². The van der Waals surface area contributed by atoms with Crippen molar-refractivity contribution < 1.29 is 9.59 Å². The zero-order valence-electron chi connectivity index (χ0n) is 16.3. The van der Waals surface area contributed by atoms with Crippen LogP contribution in [0.25, 0.3) is 0 Å². The summed E-state index contributed by atoms with van der Waals surface area (Å²) in [6, 6.07) is 7.79. The van der Waals surface area contributed by atoms with Gasteiger partial charge in [-0.15, -0.1) is 11.8 Å². The van der Waals surface area contributed by atoms with Crippen LogP contribution in [0.1, 0.15) is 46.2 Å². The van der Waals surface area contributed by atoms with E-state index in [4.69, 9.17) is 0 Å². The first-order valence-electron chi connectivity index (χ1n) is 10.0. The molecular formula is C21H26N4O2S. The number of carbonyl (C=O) groups is 2. The van der Waals surface area contributed by atoms with E-state index in [0.717, 1.165) is 53.3 Å². The first-order valence-corrected chi connectivity index (χ1v) is 11.0. The van der Waals surface area contributed by atoms with E-state index in [9.17, 15) is 9.59 Å². The number of aryl methyl sites for hydroxylation is 1. The Morgan fingerprint density at radius 3 is 2.36 bits per heavy atom. The van der Waals surface area contributed by atoms with Crippen LogP contribution in [0.4, 0.5) is 0 Å². The van der Waals surface area contributed by atoms with Gasteiger partial charge in [-0.05, 0) is 37.1 Å². The summed E-state index contributed by atoms with van der Waals surface area (Å²) in [5.74, 6) is 1.05. The van der Waals surface area contributed by atoms with Crippen LogP contribution in [0.15, 0.2) is 35.4 Å². The minimum Gasteiger partial charge on any atom is -0.335 e. The first kappa shape index (κ1) is 19.1. The van der Waals surface area contributed by atoms with Crippen molar-refractivity contribution in [3.63, 3.8) is 0 Å². The van der Waals surface area contributed by atoms with Crippen molar-refractivity contribution in [2.45, 2.75) is 37.6 Å². The fraction of sp³-hybridized carbons (Fsp3) is 0.476. The quantitative estimate of drug-likeness (QED) is 0.743. The Balaban J connectivity index is 1.41. The summed E-state index contributed by atoms with van der Waals surface area (Å²) < 4.78 is 1.97. The Kier molecular flexibility index (Phi) is 5.71. The van der Waals surface area contributed by atoms with Crippen LogP contribution in [-0.2, 0) is 13.0 Å². The molecule has 0 N–H and O–H groups in total. The number of thioether (sulfide) groups is 1. The molecule has 2 aliphatic rings. The molecule has 4 rings (SSSR count). The summed E-state index contributed by atoms with van der Waals surface area (Å²) in [5.41, 5.74) is 2.57. The molecule has 7 heteroatoms. The van der Waals surface area contributed by atoms with E-state index in [1.165, 1.54) is 0 Å². The average Bonchev–Trinajstić information content (AvgIpc) is 3.18. The standard InChI is InChI=1S/C21H26N4O2S/c1-2-28-19-9-4-3-7-16(19)20(26)23-11-13-24(14-12-23)21(27)17-15-22-25-10-6-5-8-18(17)25/h3-4,7,9,15H,2,5-6,8,10-14H2,1H3. The van der Waals surface area contributed by atoms with Crippen molar-refractivity contribution in [1.82, 2.24) is 19.6 Å². The van der Waals surface area contributed by atoms with Crippen molar-refractivity contribution >= 4 is 23.6 Å². The van der Waals surface area contributed by atoms with Gasteiger partial charge in [0.1, 0.15) is 0 Å². The number of aromatic nitrogens is 2. The molecule has 0 saturated carbocycles. The Bertz CT molecular complexity index is 871. The van der Waals surface area contributed by atoms with Crippen molar-refractivity contribution in [1.29, 1.82) is 0 Å². The number of hydrogen-bond acceptors (Lipinski definition) is 4. The van der Waals surface area contributed by atoms with Gasteiger partial charge in [-0.25, -0.2) is 0 Å². The van der Waals surface area contributed by atoms with Gasteiger partial charge in [0, 0.05) is 37.6 Å². The van der Waals surface area contributed by atoms with E-state index in [0.29, 0.717) is 26.2 Å². The summed E-state index contributed by atoms with van der Waals surface area (Å²) in [7, 11) is 0. The number of benzene rings is 1. The summed E-state index contributed by atoms with van der Waals surface area (Å²) in [6.45, 7) is 5.26. The second kappa shape index (κ2) is 8.39. The lowest BCUT2D eigenvalue weighted by molar-refractivity contribution is 0.0532.